The van der Waals surface area contributed by atoms with Crippen LogP contribution in [0, 0.1) is 0 Å². The Balaban J connectivity index is 1.91. The van der Waals surface area contributed by atoms with Gasteiger partial charge in [0.05, 0.1) is 26.4 Å². The molecule has 1 aromatic rings. The molecule has 1 aliphatic rings. The normalized spacial score (nSPS) is 16.1. The van der Waals surface area contributed by atoms with Crippen LogP contribution in [0.5, 0.6) is 0 Å². The minimum atomic E-state index is -0.0122. The summed E-state index contributed by atoms with van der Waals surface area (Å²) in [5.41, 5.74) is 1.08. The molecule has 1 fully saturated rings. The fraction of sp³-hybridized carbons (Fsp3) is 0.533. The van der Waals surface area contributed by atoms with Gasteiger partial charge in [0.2, 0.25) is 5.91 Å². The van der Waals surface area contributed by atoms with E-state index in [9.17, 15) is 4.79 Å². The summed E-state index contributed by atoms with van der Waals surface area (Å²) in [4.78, 5) is 16.1. The van der Waals surface area contributed by atoms with E-state index in [4.69, 9.17) is 9.84 Å². The van der Waals surface area contributed by atoms with Crippen LogP contribution >= 0.6 is 0 Å². The number of nitrogens with zero attached hydrogens (tertiary/aromatic N) is 2. The Morgan fingerprint density at radius 1 is 1.25 bits per heavy atom. The summed E-state index contributed by atoms with van der Waals surface area (Å²) in [5, 5.41) is 9.14. The molecule has 0 aliphatic carbocycles. The first-order valence-corrected chi connectivity index (χ1v) is 7.02. The monoisotopic (exact) mass is 278 g/mol. The summed E-state index contributed by atoms with van der Waals surface area (Å²) in [6.07, 6.45) is 0. The molecule has 1 N–H and O–H groups in total. The molecular weight excluding hydrogens is 256 g/mol. The molecule has 1 saturated heterocycles. The molecule has 1 heterocycles. The number of hydrogen-bond donors (Lipinski definition) is 1. The molecule has 0 saturated carbocycles. The zero-order valence-corrected chi connectivity index (χ0v) is 11.7. The van der Waals surface area contributed by atoms with Crippen LogP contribution in [-0.4, -0.2) is 66.8 Å². The predicted molar refractivity (Wildman–Crippen MR) is 76.2 cm³/mol. The zero-order chi connectivity index (χ0) is 14.2. The first-order valence-electron chi connectivity index (χ1n) is 7.02. The number of morpholine rings is 1. The molecule has 2 rings (SSSR count). The van der Waals surface area contributed by atoms with Gasteiger partial charge in [-0.25, -0.2) is 0 Å². The van der Waals surface area contributed by atoms with Crippen molar-refractivity contribution in [2.45, 2.75) is 6.54 Å². The van der Waals surface area contributed by atoms with Crippen molar-refractivity contribution >= 4 is 5.91 Å². The Bertz CT molecular complexity index is 405. The summed E-state index contributed by atoms with van der Waals surface area (Å²) in [5.74, 6) is 0.0600. The first kappa shape index (κ1) is 15.0. The van der Waals surface area contributed by atoms with Crippen molar-refractivity contribution in [3.8, 4) is 0 Å². The van der Waals surface area contributed by atoms with Gasteiger partial charge in [0.1, 0.15) is 0 Å². The second-order valence-corrected chi connectivity index (χ2v) is 4.91. The number of ether oxygens (including phenoxy) is 1. The van der Waals surface area contributed by atoms with Gasteiger partial charge in [-0.2, -0.15) is 0 Å². The summed E-state index contributed by atoms with van der Waals surface area (Å²) in [6.45, 7) is 4.27. The highest BCUT2D eigenvalue weighted by atomic mass is 16.5. The van der Waals surface area contributed by atoms with E-state index in [2.05, 4.69) is 4.90 Å². The van der Waals surface area contributed by atoms with Crippen LogP contribution in [0.3, 0.4) is 0 Å². The molecule has 5 nitrogen and oxygen atoms in total. The maximum Gasteiger partial charge on any atom is 0.237 e. The molecule has 0 radical (unpaired) electrons. The lowest BCUT2D eigenvalue weighted by molar-refractivity contribution is -0.134. The predicted octanol–water partition coefficient (Wildman–Crippen LogP) is 0.340. The van der Waals surface area contributed by atoms with Crippen molar-refractivity contribution in [3.05, 3.63) is 35.9 Å². The molecule has 110 valence electrons. The van der Waals surface area contributed by atoms with Crippen molar-refractivity contribution in [1.29, 1.82) is 0 Å². The minimum Gasteiger partial charge on any atom is -0.395 e. The van der Waals surface area contributed by atoms with E-state index in [1.165, 1.54) is 0 Å². The standard InChI is InChI=1S/C15H22N2O3/c18-9-6-17(12-14-4-2-1-3-5-14)15(19)13-16-7-10-20-11-8-16/h1-5,18H,6-13H2. The highest BCUT2D eigenvalue weighted by molar-refractivity contribution is 5.78. The lowest BCUT2D eigenvalue weighted by Gasteiger charge is -2.29. The summed E-state index contributed by atoms with van der Waals surface area (Å²) >= 11 is 0. The lowest BCUT2D eigenvalue weighted by Crippen LogP contribution is -2.45. The molecule has 0 aromatic heterocycles. The van der Waals surface area contributed by atoms with Crippen molar-refractivity contribution in [2.24, 2.45) is 0 Å². The molecule has 5 heteroatoms. The highest BCUT2D eigenvalue weighted by Crippen LogP contribution is 2.06. The number of aliphatic hydroxyl groups is 1. The molecular formula is C15H22N2O3. The van der Waals surface area contributed by atoms with Crippen LogP contribution in [0.2, 0.25) is 0 Å². The van der Waals surface area contributed by atoms with Crippen molar-refractivity contribution in [1.82, 2.24) is 9.80 Å². The molecule has 1 aliphatic heterocycles. The van der Waals surface area contributed by atoms with Gasteiger partial charge >= 0.3 is 0 Å². The average Bonchev–Trinajstić information content (AvgIpc) is 2.49. The number of hydrogen-bond acceptors (Lipinski definition) is 4. The lowest BCUT2D eigenvalue weighted by atomic mass is 10.2. The summed E-state index contributed by atoms with van der Waals surface area (Å²) in [6, 6.07) is 9.85. The summed E-state index contributed by atoms with van der Waals surface area (Å²) < 4.78 is 5.28. The number of aliphatic hydroxyl groups excluding tert-OH is 1. The highest BCUT2D eigenvalue weighted by Gasteiger charge is 2.19. The van der Waals surface area contributed by atoms with Gasteiger partial charge in [0, 0.05) is 26.2 Å². The number of amides is 1. The Labute approximate surface area is 119 Å². The SMILES string of the molecule is O=C(CN1CCOCC1)N(CCO)Cc1ccccc1. The van der Waals surface area contributed by atoms with Crippen LogP contribution < -0.4 is 0 Å². The Morgan fingerprint density at radius 2 is 1.95 bits per heavy atom. The topological polar surface area (TPSA) is 53.0 Å². The number of benzene rings is 1. The van der Waals surface area contributed by atoms with Gasteiger partial charge in [-0.1, -0.05) is 30.3 Å². The smallest absolute Gasteiger partial charge is 0.237 e. The Kier molecular flexibility index (Phi) is 5.98. The fourth-order valence-corrected chi connectivity index (χ4v) is 2.27. The summed E-state index contributed by atoms with van der Waals surface area (Å²) in [7, 11) is 0. The quantitative estimate of drug-likeness (QED) is 0.815. The average molecular weight is 278 g/mol. The van der Waals surface area contributed by atoms with E-state index in [1.54, 1.807) is 4.90 Å². The van der Waals surface area contributed by atoms with E-state index in [-0.39, 0.29) is 12.5 Å². The number of carbonyl (C=O) groups excluding carboxylic acids is 1. The van der Waals surface area contributed by atoms with Crippen molar-refractivity contribution in [3.63, 3.8) is 0 Å². The third-order valence-corrected chi connectivity index (χ3v) is 3.40. The van der Waals surface area contributed by atoms with Gasteiger partial charge in [0.15, 0.2) is 0 Å². The van der Waals surface area contributed by atoms with Gasteiger partial charge in [-0.15, -0.1) is 0 Å². The van der Waals surface area contributed by atoms with Crippen LogP contribution in [-0.2, 0) is 16.1 Å². The maximum absolute atomic E-state index is 12.3. The minimum absolute atomic E-state index is 0.0122. The molecule has 0 unspecified atom stereocenters. The van der Waals surface area contributed by atoms with E-state index >= 15 is 0 Å². The third-order valence-electron chi connectivity index (χ3n) is 3.40. The van der Waals surface area contributed by atoms with Gasteiger partial charge in [0.25, 0.3) is 0 Å². The van der Waals surface area contributed by atoms with E-state index in [0.29, 0.717) is 32.8 Å². The van der Waals surface area contributed by atoms with Crippen molar-refractivity contribution < 1.29 is 14.6 Å². The van der Waals surface area contributed by atoms with E-state index < -0.39 is 0 Å². The number of rotatable bonds is 6. The van der Waals surface area contributed by atoms with E-state index in [1.807, 2.05) is 30.3 Å². The van der Waals surface area contributed by atoms with Crippen LogP contribution in [0.25, 0.3) is 0 Å². The molecule has 0 spiro atoms. The largest absolute Gasteiger partial charge is 0.395 e. The molecule has 0 atom stereocenters. The number of carbonyl (C=O) groups is 1. The third kappa shape index (κ3) is 4.59. The van der Waals surface area contributed by atoms with Gasteiger partial charge in [-0.3, -0.25) is 9.69 Å². The molecule has 20 heavy (non-hydrogen) atoms. The molecule has 1 aromatic carbocycles. The van der Waals surface area contributed by atoms with Crippen LogP contribution in [0.4, 0.5) is 0 Å². The van der Waals surface area contributed by atoms with Crippen LogP contribution in [0.15, 0.2) is 30.3 Å². The Morgan fingerprint density at radius 3 is 2.60 bits per heavy atom. The van der Waals surface area contributed by atoms with Crippen LogP contribution in [0.1, 0.15) is 5.56 Å². The van der Waals surface area contributed by atoms with Crippen molar-refractivity contribution in [2.75, 3.05) is 46.0 Å². The Hall–Kier alpha value is -1.43. The molecule has 1 amide bonds. The fourth-order valence-electron chi connectivity index (χ4n) is 2.27. The maximum atomic E-state index is 12.3. The van der Waals surface area contributed by atoms with E-state index in [0.717, 1.165) is 18.7 Å². The zero-order valence-electron chi connectivity index (χ0n) is 11.7. The first-order chi connectivity index (χ1) is 9.79. The van der Waals surface area contributed by atoms with Gasteiger partial charge < -0.3 is 14.7 Å². The molecule has 0 bridgehead atoms. The van der Waals surface area contributed by atoms with Gasteiger partial charge in [-0.05, 0) is 5.56 Å². The second kappa shape index (κ2) is 7.99. The second-order valence-electron chi connectivity index (χ2n) is 4.91.